The normalized spacial score (nSPS) is 23.1. The highest BCUT2D eigenvalue weighted by molar-refractivity contribution is 5.59. The van der Waals surface area contributed by atoms with E-state index in [9.17, 15) is 0 Å². The van der Waals surface area contributed by atoms with E-state index >= 15 is 0 Å². The van der Waals surface area contributed by atoms with Crippen LogP contribution in [0.2, 0.25) is 0 Å². The minimum atomic E-state index is 0.481. The van der Waals surface area contributed by atoms with Gasteiger partial charge in [0.2, 0.25) is 0 Å². The van der Waals surface area contributed by atoms with Crippen molar-refractivity contribution >= 4 is 12.2 Å². The van der Waals surface area contributed by atoms with Crippen molar-refractivity contribution in [1.29, 1.82) is 0 Å². The van der Waals surface area contributed by atoms with Gasteiger partial charge in [0.1, 0.15) is 0 Å². The molecule has 1 atom stereocenters. The monoisotopic (exact) mass is 170 g/mol. The van der Waals surface area contributed by atoms with Gasteiger partial charge in [-0.1, -0.05) is 30.3 Å². The molecule has 1 aliphatic carbocycles. The first kappa shape index (κ1) is 6.96. The summed E-state index contributed by atoms with van der Waals surface area (Å²) >= 11 is 0. The quantitative estimate of drug-likeness (QED) is 0.559. The summed E-state index contributed by atoms with van der Waals surface area (Å²) in [5.74, 6) is 0.481. The Morgan fingerprint density at radius 3 is 2.92 bits per heavy atom. The summed E-state index contributed by atoms with van der Waals surface area (Å²) in [5.41, 5.74) is 1.30. The van der Waals surface area contributed by atoms with Crippen molar-refractivity contribution in [1.82, 2.24) is 0 Å². The van der Waals surface area contributed by atoms with Crippen molar-refractivity contribution in [3.05, 3.63) is 46.5 Å². The lowest BCUT2D eigenvalue weighted by Gasteiger charge is -2.08. The van der Waals surface area contributed by atoms with Gasteiger partial charge in [-0.3, -0.25) is 0 Å². The van der Waals surface area contributed by atoms with E-state index < -0.39 is 0 Å². The van der Waals surface area contributed by atoms with Gasteiger partial charge in [-0.05, 0) is 22.1 Å². The van der Waals surface area contributed by atoms with Crippen LogP contribution in [0.25, 0.3) is 12.2 Å². The van der Waals surface area contributed by atoms with Crippen LogP contribution >= 0.6 is 0 Å². The van der Waals surface area contributed by atoms with Crippen LogP contribution in [0, 0.1) is 5.92 Å². The molecule has 1 aromatic carbocycles. The Morgan fingerprint density at radius 2 is 2.00 bits per heavy atom. The molecule has 0 aromatic heterocycles. The zero-order valence-corrected chi connectivity index (χ0v) is 7.23. The lowest BCUT2D eigenvalue weighted by atomic mass is 9.95. The van der Waals surface area contributed by atoms with Gasteiger partial charge in [0, 0.05) is 5.92 Å². The number of hydrogen-bond acceptors (Lipinski definition) is 1. The Bertz CT molecular complexity index is 482. The standard InChI is InChI=1S/C12H10O/c1-2-4-10-6-12-8-13-7-11(12)5-9(10)3-1/h1-7,12H,8H2. The summed E-state index contributed by atoms with van der Waals surface area (Å²) in [5, 5.41) is 2.63. The minimum absolute atomic E-state index is 0.481. The first-order chi connectivity index (χ1) is 6.43. The van der Waals surface area contributed by atoms with Crippen molar-refractivity contribution in [3.8, 4) is 0 Å². The SMILES string of the molecule is C1=C2C=c3ccccc3=CC2CO1. The highest BCUT2D eigenvalue weighted by Gasteiger charge is 2.18. The van der Waals surface area contributed by atoms with Crippen LogP contribution in [-0.2, 0) is 4.74 Å². The molecule has 1 nitrogen and oxygen atoms in total. The largest absolute Gasteiger partial charge is 0.500 e. The van der Waals surface area contributed by atoms with Gasteiger partial charge in [0.15, 0.2) is 0 Å². The Morgan fingerprint density at radius 1 is 1.15 bits per heavy atom. The summed E-state index contributed by atoms with van der Waals surface area (Å²) in [6.07, 6.45) is 6.37. The fraction of sp³-hybridized carbons (Fsp3) is 0.167. The predicted octanol–water partition coefficient (Wildman–Crippen LogP) is 0.791. The smallest absolute Gasteiger partial charge is 0.0978 e. The first-order valence-corrected chi connectivity index (χ1v) is 4.54. The van der Waals surface area contributed by atoms with Gasteiger partial charge in [0.05, 0.1) is 12.9 Å². The summed E-state index contributed by atoms with van der Waals surface area (Å²) in [6, 6.07) is 8.44. The van der Waals surface area contributed by atoms with Gasteiger partial charge in [-0.25, -0.2) is 0 Å². The second kappa shape index (κ2) is 2.49. The molecule has 0 N–H and O–H groups in total. The van der Waals surface area contributed by atoms with E-state index in [0.29, 0.717) is 5.92 Å². The molecule has 2 aliphatic rings. The highest BCUT2D eigenvalue weighted by Crippen LogP contribution is 2.22. The third-order valence-corrected chi connectivity index (χ3v) is 2.62. The molecule has 0 radical (unpaired) electrons. The molecule has 0 spiro atoms. The molecular formula is C12H10O. The zero-order valence-electron chi connectivity index (χ0n) is 7.23. The van der Waals surface area contributed by atoms with Crippen LogP contribution < -0.4 is 10.4 Å². The maximum atomic E-state index is 5.30. The number of fused-ring (bicyclic) bond motifs is 2. The molecule has 1 heterocycles. The second-order valence-electron chi connectivity index (χ2n) is 3.50. The predicted molar refractivity (Wildman–Crippen MR) is 52.1 cm³/mol. The number of ether oxygens (including phenoxy) is 1. The van der Waals surface area contributed by atoms with Crippen LogP contribution in [0.3, 0.4) is 0 Å². The van der Waals surface area contributed by atoms with Gasteiger partial charge in [-0.2, -0.15) is 0 Å². The van der Waals surface area contributed by atoms with E-state index in [1.807, 2.05) is 6.26 Å². The number of rotatable bonds is 0. The second-order valence-corrected chi connectivity index (χ2v) is 3.50. The third kappa shape index (κ3) is 1.00. The Hall–Kier alpha value is -1.50. The number of hydrogen-bond donors (Lipinski definition) is 0. The molecule has 64 valence electrons. The maximum Gasteiger partial charge on any atom is 0.0978 e. The molecule has 13 heavy (non-hydrogen) atoms. The van der Waals surface area contributed by atoms with Crippen molar-refractivity contribution < 1.29 is 4.74 Å². The fourth-order valence-electron chi connectivity index (χ4n) is 1.91. The van der Waals surface area contributed by atoms with Crippen molar-refractivity contribution in [2.24, 2.45) is 5.92 Å². The molecule has 1 aliphatic heterocycles. The Kier molecular flexibility index (Phi) is 1.33. The van der Waals surface area contributed by atoms with Crippen LogP contribution in [0.15, 0.2) is 36.1 Å². The van der Waals surface area contributed by atoms with Gasteiger partial charge < -0.3 is 4.74 Å². The van der Waals surface area contributed by atoms with Gasteiger partial charge in [-0.15, -0.1) is 0 Å². The van der Waals surface area contributed by atoms with Crippen LogP contribution in [0.5, 0.6) is 0 Å². The molecule has 0 fully saturated rings. The lowest BCUT2D eigenvalue weighted by Crippen LogP contribution is -2.29. The third-order valence-electron chi connectivity index (χ3n) is 2.62. The number of benzene rings is 1. The lowest BCUT2D eigenvalue weighted by molar-refractivity contribution is 0.267. The van der Waals surface area contributed by atoms with E-state index in [1.54, 1.807) is 0 Å². The maximum absolute atomic E-state index is 5.30. The van der Waals surface area contributed by atoms with Crippen molar-refractivity contribution in [2.75, 3.05) is 6.61 Å². The van der Waals surface area contributed by atoms with Crippen LogP contribution in [0.1, 0.15) is 0 Å². The molecule has 1 unspecified atom stereocenters. The van der Waals surface area contributed by atoms with Crippen molar-refractivity contribution in [3.63, 3.8) is 0 Å². The molecule has 0 amide bonds. The summed E-state index contributed by atoms with van der Waals surface area (Å²) < 4.78 is 5.30. The van der Waals surface area contributed by atoms with Crippen molar-refractivity contribution in [2.45, 2.75) is 0 Å². The summed E-state index contributed by atoms with van der Waals surface area (Å²) in [7, 11) is 0. The average Bonchev–Trinajstić information content (AvgIpc) is 2.61. The fourth-order valence-corrected chi connectivity index (χ4v) is 1.91. The van der Waals surface area contributed by atoms with Crippen LogP contribution in [-0.4, -0.2) is 6.61 Å². The topological polar surface area (TPSA) is 9.23 Å². The Labute approximate surface area is 76.7 Å². The molecule has 0 saturated carbocycles. The molecule has 0 bridgehead atoms. The van der Waals surface area contributed by atoms with E-state index in [-0.39, 0.29) is 0 Å². The van der Waals surface area contributed by atoms with Crippen LogP contribution in [0.4, 0.5) is 0 Å². The first-order valence-electron chi connectivity index (χ1n) is 4.54. The molecular weight excluding hydrogens is 160 g/mol. The molecule has 1 aromatic rings. The Balaban J connectivity index is 2.34. The van der Waals surface area contributed by atoms with E-state index in [0.717, 1.165) is 6.61 Å². The minimum Gasteiger partial charge on any atom is -0.500 e. The zero-order chi connectivity index (χ0) is 8.67. The molecule has 1 heteroatoms. The van der Waals surface area contributed by atoms with E-state index in [2.05, 4.69) is 36.4 Å². The average molecular weight is 170 g/mol. The molecule has 3 rings (SSSR count). The highest BCUT2D eigenvalue weighted by atomic mass is 16.5. The van der Waals surface area contributed by atoms with Gasteiger partial charge in [0.25, 0.3) is 0 Å². The summed E-state index contributed by atoms with van der Waals surface area (Å²) in [4.78, 5) is 0. The van der Waals surface area contributed by atoms with Gasteiger partial charge >= 0.3 is 0 Å². The molecule has 0 saturated heterocycles. The van der Waals surface area contributed by atoms with E-state index in [4.69, 9.17) is 4.74 Å². The van der Waals surface area contributed by atoms with E-state index in [1.165, 1.54) is 16.0 Å². The summed E-state index contributed by atoms with van der Waals surface area (Å²) in [6.45, 7) is 0.806.